The van der Waals surface area contributed by atoms with Crippen molar-refractivity contribution in [3.8, 4) is 16.9 Å². The summed E-state index contributed by atoms with van der Waals surface area (Å²) in [5.74, 6) is -0.168. The van der Waals surface area contributed by atoms with Gasteiger partial charge in [0.05, 0.1) is 5.56 Å². The third-order valence-electron chi connectivity index (χ3n) is 3.25. The van der Waals surface area contributed by atoms with Crippen molar-refractivity contribution < 1.29 is 13.9 Å². The Bertz CT molecular complexity index is 763. The molecule has 0 amide bonds. The van der Waals surface area contributed by atoms with Crippen LogP contribution >= 0.6 is 0 Å². The molecule has 0 heterocycles. The van der Waals surface area contributed by atoms with E-state index in [1.807, 2.05) is 18.2 Å². The van der Waals surface area contributed by atoms with E-state index in [9.17, 15) is 9.18 Å². The molecule has 22 heavy (non-hydrogen) atoms. The second-order valence-electron chi connectivity index (χ2n) is 4.79. The first kappa shape index (κ1) is 14.0. The predicted molar refractivity (Wildman–Crippen MR) is 83.2 cm³/mol. The van der Waals surface area contributed by atoms with E-state index >= 15 is 0 Å². The molecule has 3 heteroatoms. The van der Waals surface area contributed by atoms with Crippen LogP contribution in [0.1, 0.15) is 10.4 Å². The van der Waals surface area contributed by atoms with Gasteiger partial charge in [-0.25, -0.2) is 9.18 Å². The molecule has 0 aliphatic rings. The van der Waals surface area contributed by atoms with Crippen molar-refractivity contribution in [2.75, 3.05) is 0 Å². The molecule has 3 rings (SSSR count). The zero-order valence-corrected chi connectivity index (χ0v) is 11.7. The molecule has 0 saturated carbocycles. The molecule has 0 bridgehead atoms. The number of ether oxygens (including phenoxy) is 1. The highest BCUT2D eigenvalue weighted by molar-refractivity contribution is 5.91. The van der Waals surface area contributed by atoms with Crippen molar-refractivity contribution in [3.63, 3.8) is 0 Å². The molecule has 0 radical (unpaired) electrons. The van der Waals surface area contributed by atoms with Crippen LogP contribution in [0.25, 0.3) is 11.1 Å². The summed E-state index contributed by atoms with van der Waals surface area (Å²) >= 11 is 0. The van der Waals surface area contributed by atoms with E-state index in [1.165, 1.54) is 12.1 Å². The van der Waals surface area contributed by atoms with Crippen LogP contribution in [0.4, 0.5) is 4.39 Å². The van der Waals surface area contributed by atoms with Crippen LogP contribution in [0.15, 0.2) is 78.9 Å². The van der Waals surface area contributed by atoms with Gasteiger partial charge < -0.3 is 4.74 Å². The summed E-state index contributed by atoms with van der Waals surface area (Å²) in [6, 6.07) is 22.2. The van der Waals surface area contributed by atoms with Gasteiger partial charge in [0.25, 0.3) is 0 Å². The Hall–Kier alpha value is -2.94. The Morgan fingerprint density at radius 1 is 0.727 bits per heavy atom. The Morgan fingerprint density at radius 2 is 1.27 bits per heavy atom. The van der Waals surface area contributed by atoms with E-state index < -0.39 is 5.97 Å². The number of hydrogen-bond donors (Lipinski definition) is 0. The van der Waals surface area contributed by atoms with Crippen LogP contribution in [-0.4, -0.2) is 5.97 Å². The third-order valence-corrected chi connectivity index (χ3v) is 3.25. The molecular weight excluding hydrogens is 279 g/mol. The number of esters is 1. The molecule has 0 aliphatic heterocycles. The molecule has 0 saturated heterocycles. The Morgan fingerprint density at radius 3 is 1.86 bits per heavy atom. The van der Waals surface area contributed by atoms with Crippen molar-refractivity contribution >= 4 is 5.97 Å². The SMILES string of the molecule is O=C(Oc1ccccc1)c1ccc(-c2ccc(F)cc2)cc1. The van der Waals surface area contributed by atoms with Gasteiger partial charge >= 0.3 is 5.97 Å². The van der Waals surface area contributed by atoms with Crippen LogP contribution in [-0.2, 0) is 0 Å². The van der Waals surface area contributed by atoms with Gasteiger partial charge in [0.1, 0.15) is 11.6 Å². The molecule has 0 aliphatic carbocycles. The second-order valence-corrected chi connectivity index (χ2v) is 4.79. The first-order valence-electron chi connectivity index (χ1n) is 6.85. The molecule has 0 fully saturated rings. The molecule has 0 atom stereocenters. The molecule has 3 aromatic carbocycles. The number of para-hydroxylation sites is 1. The number of hydrogen-bond acceptors (Lipinski definition) is 2. The van der Waals surface area contributed by atoms with Gasteiger partial charge in [0.15, 0.2) is 0 Å². The lowest BCUT2D eigenvalue weighted by atomic mass is 10.0. The number of carbonyl (C=O) groups excluding carboxylic acids is 1. The van der Waals surface area contributed by atoms with Gasteiger partial charge in [-0.05, 0) is 47.5 Å². The first-order valence-corrected chi connectivity index (χ1v) is 6.85. The highest BCUT2D eigenvalue weighted by atomic mass is 19.1. The quantitative estimate of drug-likeness (QED) is 0.516. The largest absolute Gasteiger partial charge is 0.423 e. The third kappa shape index (κ3) is 3.20. The summed E-state index contributed by atoms with van der Waals surface area (Å²) < 4.78 is 18.2. The van der Waals surface area contributed by atoms with E-state index in [2.05, 4.69) is 0 Å². The van der Waals surface area contributed by atoms with Crippen LogP contribution in [0.5, 0.6) is 5.75 Å². The number of halogens is 1. The minimum Gasteiger partial charge on any atom is -0.423 e. The smallest absolute Gasteiger partial charge is 0.343 e. The standard InChI is InChI=1S/C19H13FO2/c20-17-12-10-15(11-13-17)14-6-8-16(9-7-14)19(21)22-18-4-2-1-3-5-18/h1-13H. The summed E-state index contributed by atoms with van der Waals surface area (Å²) in [5, 5.41) is 0. The molecule has 0 spiro atoms. The Balaban J connectivity index is 1.76. The van der Waals surface area contributed by atoms with Crippen molar-refractivity contribution in [2.24, 2.45) is 0 Å². The molecule has 108 valence electrons. The van der Waals surface area contributed by atoms with Crippen molar-refractivity contribution in [2.45, 2.75) is 0 Å². The second kappa shape index (κ2) is 6.22. The van der Waals surface area contributed by atoms with E-state index in [1.54, 1.807) is 48.5 Å². The van der Waals surface area contributed by atoms with Gasteiger partial charge in [0.2, 0.25) is 0 Å². The van der Waals surface area contributed by atoms with Gasteiger partial charge in [-0.2, -0.15) is 0 Å². The molecule has 0 unspecified atom stereocenters. The summed E-state index contributed by atoms with van der Waals surface area (Å²) in [6.07, 6.45) is 0. The van der Waals surface area contributed by atoms with E-state index in [-0.39, 0.29) is 5.82 Å². The number of carbonyl (C=O) groups is 1. The molecule has 3 aromatic rings. The van der Waals surface area contributed by atoms with E-state index in [4.69, 9.17) is 4.74 Å². The Labute approximate surface area is 127 Å². The molecular formula is C19H13FO2. The summed E-state index contributed by atoms with van der Waals surface area (Å²) in [5.41, 5.74) is 2.27. The molecule has 0 aromatic heterocycles. The van der Waals surface area contributed by atoms with E-state index in [0.717, 1.165) is 11.1 Å². The van der Waals surface area contributed by atoms with Gasteiger partial charge in [-0.3, -0.25) is 0 Å². The maximum absolute atomic E-state index is 12.9. The van der Waals surface area contributed by atoms with Crippen LogP contribution in [0.2, 0.25) is 0 Å². The fourth-order valence-corrected chi connectivity index (χ4v) is 2.10. The topological polar surface area (TPSA) is 26.3 Å². The number of rotatable bonds is 3. The fraction of sp³-hybridized carbons (Fsp3) is 0. The first-order chi connectivity index (χ1) is 10.7. The summed E-state index contributed by atoms with van der Waals surface area (Å²) in [7, 11) is 0. The van der Waals surface area contributed by atoms with E-state index in [0.29, 0.717) is 11.3 Å². The lowest BCUT2D eigenvalue weighted by Crippen LogP contribution is -2.08. The fourth-order valence-electron chi connectivity index (χ4n) is 2.10. The summed E-state index contributed by atoms with van der Waals surface area (Å²) in [6.45, 7) is 0. The lowest BCUT2D eigenvalue weighted by molar-refractivity contribution is 0.0735. The van der Waals surface area contributed by atoms with Crippen molar-refractivity contribution in [3.05, 3.63) is 90.2 Å². The zero-order chi connectivity index (χ0) is 15.4. The maximum atomic E-state index is 12.9. The average Bonchev–Trinajstić information content (AvgIpc) is 2.57. The van der Waals surface area contributed by atoms with Gasteiger partial charge in [-0.1, -0.05) is 42.5 Å². The molecule has 2 nitrogen and oxygen atoms in total. The normalized spacial score (nSPS) is 10.2. The maximum Gasteiger partial charge on any atom is 0.343 e. The summed E-state index contributed by atoms with van der Waals surface area (Å²) in [4.78, 5) is 12.0. The average molecular weight is 292 g/mol. The van der Waals surface area contributed by atoms with Gasteiger partial charge in [0, 0.05) is 0 Å². The predicted octanol–water partition coefficient (Wildman–Crippen LogP) is 4.71. The highest BCUT2D eigenvalue weighted by Gasteiger charge is 2.08. The zero-order valence-electron chi connectivity index (χ0n) is 11.7. The van der Waals surface area contributed by atoms with Crippen LogP contribution in [0.3, 0.4) is 0 Å². The van der Waals surface area contributed by atoms with Crippen LogP contribution < -0.4 is 4.74 Å². The Kier molecular flexibility index (Phi) is 3.97. The number of benzene rings is 3. The minimum atomic E-state index is -0.406. The highest BCUT2D eigenvalue weighted by Crippen LogP contribution is 2.21. The molecule has 0 N–H and O–H groups in total. The monoisotopic (exact) mass is 292 g/mol. The van der Waals surface area contributed by atoms with Crippen molar-refractivity contribution in [1.82, 2.24) is 0 Å². The van der Waals surface area contributed by atoms with Crippen LogP contribution in [0, 0.1) is 5.82 Å². The minimum absolute atomic E-state index is 0.271. The lowest BCUT2D eigenvalue weighted by Gasteiger charge is -2.05. The van der Waals surface area contributed by atoms with Crippen molar-refractivity contribution in [1.29, 1.82) is 0 Å². The van der Waals surface area contributed by atoms with Gasteiger partial charge in [-0.15, -0.1) is 0 Å².